The molecule has 0 radical (unpaired) electrons. The number of nitrogens with one attached hydrogen (secondary N) is 1. The monoisotopic (exact) mass is 326 g/mol. The van der Waals surface area contributed by atoms with Gasteiger partial charge >= 0.3 is 0 Å². The topological polar surface area (TPSA) is 66.5 Å². The van der Waals surface area contributed by atoms with Crippen LogP contribution in [0.5, 0.6) is 0 Å². The van der Waals surface area contributed by atoms with Gasteiger partial charge in [-0.3, -0.25) is 19.3 Å². The number of benzene rings is 2. The molecule has 0 aliphatic carbocycles. The highest BCUT2D eigenvalue weighted by atomic mass is 19.1. The van der Waals surface area contributed by atoms with E-state index in [1.54, 1.807) is 12.1 Å². The van der Waals surface area contributed by atoms with Crippen molar-refractivity contribution >= 4 is 23.4 Å². The van der Waals surface area contributed by atoms with Crippen molar-refractivity contribution < 1.29 is 18.8 Å². The van der Waals surface area contributed by atoms with Crippen molar-refractivity contribution in [3.63, 3.8) is 0 Å². The second kappa shape index (κ2) is 5.88. The molecular weight excluding hydrogens is 311 g/mol. The van der Waals surface area contributed by atoms with Crippen LogP contribution in [0.4, 0.5) is 10.1 Å². The first-order valence-electron chi connectivity index (χ1n) is 7.40. The van der Waals surface area contributed by atoms with E-state index < -0.39 is 30.1 Å². The Labute approximate surface area is 138 Å². The highest BCUT2D eigenvalue weighted by Crippen LogP contribution is 2.25. The molecule has 0 saturated heterocycles. The van der Waals surface area contributed by atoms with Crippen molar-refractivity contribution in [3.8, 4) is 0 Å². The summed E-state index contributed by atoms with van der Waals surface area (Å²) in [6.45, 7) is 3.41. The molecule has 0 fully saturated rings. The lowest BCUT2D eigenvalue weighted by Crippen LogP contribution is -2.37. The van der Waals surface area contributed by atoms with E-state index in [0.29, 0.717) is 5.69 Å². The lowest BCUT2D eigenvalue weighted by molar-refractivity contribution is -0.116. The van der Waals surface area contributed by atoms with E-state index >= 15 is 0 Å². The SMILES string of the molecule is Cc1ccc(NC(=O)CN2C(=O)c3cccc(F)c3C2=O)cc1C. The Bertz CT molecular complexity index is 877. The number of carbonyl (C=O) groups is 3. The molecule has 3 amide bonds. The molecule has 2 aromatic carbocycles. The number of halogens is 1. The Morgan fingerprint density at radius 1 is 1.08 bits per heavy atom. The standard InChI is InChI=1S/C18H15FN2O3/c1-10-6-7-12(8-11(10)2)20-15(22)9-21-17(23)13-4-3-5-14(19)16(13)18(21)24/h3-8H,9H2,1-2H3,(H,20,22). The number of hydrogen-bond acceptors (Lipinski definition) is 3. The summed E-state index contributed by atoms with van der Waals surface area (Å²) in [4.78, 5) is 37.3. The van der Waals surface area contributed by atoms with Crippen molar-refractivity contribution in [2.45, 2.75) is 13.8 Å². The molecule has 122 valence electrons. The maximum Gasteiger partial charge on any atom is 0.265 e. The van der Waals surface area contributed by atoms with Crippen LogP contribution < -0.4 is 5.32 Å². The van der Waals surface area contributed by atoms with Crippen molar-refractivity contribution in [1.82, 2.24) is 4.90 Å². The van der Waals surface area contributed by atoms with Gasteiger partial charge in [0.1, 0.15) is 12.4 Å². The first kappa shape index (κ1) is 15.9. The Morgan fingerprint density at radius 2 is 1.83 bits per heavy atom. The van der Waals surface area contributed by atoms with Gasteiger partial charge in [0, 0.05) is 5.69 Å². The molecular formula is C18H15FN2O3. The molecule has 0 spiro atoms. The van der Waals surface area contributed by atoms with Gasteiger partial charge in [0.15, 0.2) is 0 Å². The summed E-state index contributed by atoms with van der Waals surface area (Å²) >= 11 is 0. The molecule has 1 N–H and O–H groups in total. The van der Waals surface area contributed by atoms with Crippen LogP contribution in [0.3, 0.4) is 0 Å². The summed E-state index contributed by atoms with van der Waals surface area (Å²) in [7, 11) is 0. The second-order valence-corrected chi connectivity index (χ2v) is 5.71. The Balaban J connectivity index is 1.76. The summed E-state index contributed by atoms with van der Waals surface area (Å²) in [5, 5.41) is 2.64. The first-order chi connectivity index (χ1) is 11.4. The average molecular weight is 326 g/mol. The number of carbonyl (C=O) groups excluding carboxylic acids is 3. The van der Waals surface area contributed by atoms with Crippen LogP contribution >= 0.6 is 0 Å². The molecule has 0 bridgehead atoms. The quantitative estimate of drug-likeness (QED) is 0.882. The van der Waals surface area contributed by atoms with Crippen LogP contribution in [0.2, 0.25) is 0 Å². The van der Waals surface area contributed by atoms with E-state index in [2.05, 4.69) is 5.32 Å². The lowest BCUT2D eigenvalue weighted by Gasteiger charge is -2.14. The van der Waals surface area contributed by atoms with Crippen molar-refractivity contribution in [2.24, 2.45) is 0 Å². The van der Waals surface area contributed by atoms with E-state index in [4.69, 9.17) is 0 Å². The smallest absolute Gasteiger partial charge is 0.265 e. The molecule has 6 heteroatoms. The van der Waals surface area contributed by atoms with Gasteiger partial charge < -0.3 is 5.32 Å². The molecule has 2 aromatic rings. The first-order valence-corrected chi connectivity index (χ1v) is 7.40. The van der Waals surface area contributed by atoms with Crippen LogP contribution in [0, 0.1) is 19.7 Å². The van der Waals surface area contributed by atoms with Crippen molar-refractivity contribution in [2.75, 3.05) is 11.9 Å². The van der Waals surface area contributed by atoms with Gasteiger partial charge in [0.05, 0.1) is 11.1 Å². The minimum atomic E-state index is -0.789. The molecule has 24 heavy (non-hydrogen) atoms. The van der Waals surface area contributed by atoms with Gasteiger partial charge in [-0.15, -0.1) is 0 Å². The number of aryl methyl sites for hydroxylation is 2. The summed E-state index contributed by atoms with van der Waals surface area (Å²) in [6, 6.07) is 9.25. The van der Waals surface area contributed by atoms with E-state index in [9.17, 15) is 18.8 Å². The number of nitrogens with zero attached hydrogens (tertiary/aromatic N) is 1. The number of imide groups is 1. The predicted molar refractivity (Wildman–Crippen MR) is 86.3 cm³/mol. The van der Waals surface area contributed by atoms with Crippen LogP contribution in [0.25, 0.3) is 0 Å². The zero-order valence-electron chi connectivity index (χ0n) is 13.2. The largest absolute Gasteiger partial charge is 0.325 e. The van der Waals surface area contributed by atoms with E-state index in [1.807, 2.05) is 19.9 Å². The Kier molecular flexibility index (Phi) is 3.89. The van der Waals surface area contributed by atoms with Gasteiger partial charge in [0.2, 0.25) is 5.91 Å². The van der Waals surface area contributed by atoms with Gasteiger partial charge in [-0.1, -0.05) is 12.1 Å². The third-order valence-electron chi connectivity index (χ3n) is 4.04. The fourth-order valence-corrected chi connectivity index (χ4v) is 2.60. The number of amides is 3. The van der Waals surface area contributed by atoms with Crippen molar-refractivity contribution in [3.05, 3.63) is 64.5 Å². The van der Waals surface area contributed by atoms with Gasteiger partial charge in [-0.2, -0.15) is 0 Å². The molecule has 0 aromatic heterocycles. The molecule has 3 rings (SSSR count). The minimum Gasteiger partial charge on any atom is -0.325 e. The summed E-state index contributed by atoms with van der Waals surface area (Å²) in [5.74, 6) is -2.73. The minimum absolute atomic E-state index is 0.0148. The average Bonchev–Trinajstić information content (AvgIpc) is 2.77. The third-order valence-corrected chi connectivity index (χ3v) is 4.04. The normalized spacial score (nSPS) is 13.2. The van der Waals surface area contributed by atoms with Gasteiger partial charge in [-0.05, 0) is 49.2 Å². The lowest BCUT2D eigenvalue weighted by atomic mass is 10.1. The van der Waals surface area contributed by atoms with Crippen LogP contribution in [-0.2, 0) is 4.79 Å². The summed E-state index contributed by atoms with van der Waals surface area (Å²) < 4.78 is 13.8. The van der Waals surface area contributed by atoms with E-state index in [-0.39, 0.29) is 11.1 Å². The number of fused-ring (bicyclic) bond motifs is 1. The highest BCUT2D eigenvalue weighted by molar-refractivity contribution is 6.22. The fraction of sp³-hybridized carbons (Fsp3) is 0.167. The second-order valence-electron chi connectivity index (χ2n) is 5.71. The summed E-state index contributed by atoms with van der Waals surface area (Å²) in [6.07, 6.45) is 0. The van der Waals surface area contributed by atoms with Crippen LogP contribution in [-0.4, -0.2) is 29.2 Å². The van der Waals surface area contributed by atoms with E-state index in [0.717, 1.165) is 22.1 Å². The molecule has 1 aliphatic rings. The van der Waals surface area contributed by atoms with Gasteiger partial charge in [0.25, 0.3) is 11.8 Å². The zero-order chi connectivity index (χ0) is 17.4. The number of hydrogen-bond donors (Lipinski definition) is 1. The fourth-order valence-electron chi connectivity index (χ4n) is 2.60. The van der Waals surface area contributed by atoms with E-state index in [1.165, 1.54) is 12.1 Å². The number of anilines is 1. The Hall–Kier alpha value is -3.02. The Morgan fingerprint density at radius 3 is 2.50 bits per heavy atom. The van der Waals surface area contributed by atoms with Crippen LogP contribution in [0.15, 0.2) is 36.4 Å². The predicted octanol–water partition coefficient (Wildman–Crippen LogP) is 2.68. The highest BCUT2D eigenvalue weighted by Gasteiger charge is 2.38. The molecule has 0 saturated carbocycles. The maximum absolute atomic E-state index is 13.8. The third kappa shape index (κ3) is 2.67. The molecule has 0 unspecified atom stereocenters. The van der Waals surface area contributed by atoms with Gasteiger partial charge in [-0.25, -0.2) is 4.39 Å². The molecule has 5 nitrogen and oxygen atoms in total. The maximum atomic E-state index is 13.8. The zero-order valence-corrected chi connectivity index (χ0v) is 13.2. The summed E-state index contributed by atoms with van der Waals surface area (Å²) in [5.41, 5.74) is 2.38. The van der Waals surface area contributed by atoms with Crippen molar-refractivity contribution in [1.29, 1.82) is 0 Å². The molecule has 0 atom stereocenters. The molecule has 1 aliphatic heterocycles. The van der Waals surface area contributed by atoms with Crippen LogP contribution in [0.1, 0.15) is 31.8 Å². The number of rotatable bonds is 3. The molecule has 1 heterocycles.